The van der Waals surface area contributed by atoms with E-state index in [0.29, 0.717) is 6.54 Å². The highest BCUT2D eigenvalue weighted by Gasteiger charge is 2.20. The molecular formula is C30H30N4O2. The van der Waals surface area contributed by atoms with Crippen molar-refractivity contribution in [3.8, 4) is 23.3 Å². The summed E-state index contributed by atoms with van der Waals surface area (Å²) in [4.78, 5) is 11.3. The Balaban J connectivity index is 1.33. The van der Waals surface area contributed by atoms with Crippen LogP contribution in [0.1, 0.15) is 30.4 Å². The van der Waals surface area contributed by atoms with Crippen LogP contribution in [0.2, 0.25) is 0 Å². The van der Waals surface area contributed by atoms with Crippen LogP contribution in [0.4, 0.5) is 11.5 Å². The zero-order valence-electron chi connectivity index (χ0n) is 20.7. The quantitative estimate of drug-likeness (QED) is 0.329. The molecule has 1 fully saturated rings. The zero-order valence-corrected chi connectivity index (χ0v) is 20.7. The molecular weight excluding hydrogens is 448 g/mol. The molecule has 3 aromatic carbocycles. The van der Waals surface area contributed by atoms with Crippen molar-refractivity contribution in [1.29, 1.82) is 0 Å². The number of rotatable bonds is 6. The number of piperidine rings is 1. The summed E-state index contributed by atoms with van der Waals surface area (Å²) in [6.07, 6.45) is 5.23. The molecule has 0 spiro atoms. The van der Waals surface area contributed by atoms with Crippen LogP contribution in [0.25, 0.3) is 10.9 Å². The minimum absolute atomic E-state index is 0.168. The molecule has 5 rings (SSSR count). The molecule has 1 unspecified atom stereocenters. The van der Waals surface area contributed by atoms with Gasteiger partial charge in [0.15, 0.2) is 0 Å². The minimum atomic E-state index is 0.168. The SMILES string of the molecule is COC1CCCCN1CC#Cc1ccc2ncnc(Nc3ccc(Oc4ccccc4)c(C)c3)c2c1. The summed E-state index contributed by atoms with van der Waals surface area (Å²) in [6, 6.07) is 21.9. The molecule has 4 aromatic rings. The van der Waals surface area contributed by atoms with Crippen LogP contribution >= 0.6 is 0 Å². The predicted molar refractivity (Wildman–Crippen MR) is 144 cm³/mol. The molecule has 1 atom stereocenters. The van der Waals surface area contributed by atoms with Crippen LogP contribution in [0.5, 0.6) is 11.5 Å². The summed E-state index contributed by atoms with van der Waals surface area (Å²) in [5.74, 6) is 9.02. The highest BCUT2D eigenvalue weighted by atomic mass is 16.5. The number of benzene rings is 3. The van der Waals surface area contributed by atoms with E-state index in [1.807, 2.05) is 61.5 Å². The fourth-order valence-corrected chi connectivity index (χ4v) is 4.48. The van der Waals surface area contributed by atoms with Crippen molar-refractivity contribution in [2.45, 2.75) is 32.4 Å². The molecule has 2 heterocycles. The molecule has 6 heteroatoms. The van der Waals surface area contributed by atoms with E-state index in [1.54, 1.807) is 13.4 Å². The number of nitrogens with one attached hydrogen (secondary N) is 1. The third-order valence-electron chi connectivity index (χ3n) is 6.38. The van der Waals surface area contributed by atoms with E-state index in [0.717, 1.165) is 58.0 Å². The molecule has 6 nitrogen and oxygen atoms in total. The van der Waals surface area contributed by atoms with Gasteiger partial charge in [0.1, 0.15) is 29.9 Å². The first-order chi connectivity index (χ1) is 17.7. The third-order valence-corrected chi connectivity index (χ3v) is 6.38. The van der Waals surface area contributed by atoms with E-state index >= 15 is 0 Å². The highest BCUT2D eigenvalue weighted by molar-refractivity contribution is 5.91. The lowest BCUT2D eigenvalue weighted by Gasteiger charge is -2.32. The number of para-hydroxylation sites is 1. The summed E-state index contributed by atoms with van der Waals surface area (Å²) >= 11 is 0. The summed E-state index contributed by atoms with van der Waals surface area (Å²) in [6.45, 7) is 3.76. The Labute approximate surface area is 212 Å². The van der Waals surface area contributed by atoms with E-state index in [4.69, 9.17) is 9.47 Å². The van der Waals surface area contributed by atoms with Crippen molar-refractivity contribution < 1.29 is 9.47 Å². The van der Waals surface area contributed by atoms with Gasteiger partial charge >= 0.3 is 0 Å². The Bertz CT molecular complexity index is 1390. The van der Waals surface area contributed by atoms with E-state index in [9.17, 15) is 0 Å². The number of likely N-dealkylation sites (tertiary alicyclic amines) is 1. The fraction of sp³-hybridized carbons (Fsp3) is 0.267. The van der Waals surface area contributed by atoms with Crippen molar-refractivity contribution in [2.24, 2.45) is 0 Å². The zero-order chi connectivity index (χ0) is 24.7. The Morgan fingerprint density at radius 2 is 1.92 bits per heavy atom. The number of hydrogen-bond acceptors (Lipinski definition) is 6. The second-order valence-electron chi connectivity index (χ2n) is 8.93. The third kappa shape index (κ3) is 5.65. The van der Waals surface area contributed by atoms with Crippen molar-refractivity contribution in [1.82, 2.24) is 14.9 Å². The lowest BCUT2D eigenvalue weighted by atomic mass is 10.1. The van der Waals surface area contributed by atoms with Crippen LogP contribution in [-0.4, -0.2) is 41.3 Å². The number of hydrogen-bond donors (Lipinski definition) is 1. The Morgan fingerprint density at radius 3 is 2.75 bits per heavy atom. The van der Waals surface area contributed by atoms with Gasteiger partial charge in [-0.15, -0.1) is 0 Å². The molecule has 0 saturated carbocycles. The lowest BCUT2D eigenvalue weighted by Crippen LogP contribution is -2.40. The van der Waals surface area contributed by atoms with E-state index < -0.39 is 0 Å². The molecule has 1 aliphatic rings. The largest absolute Gasteiger partial charge is 0.457 e. The van der Waals surface area contributed by atoms with Gasteiger partial charge in [0.2, 0.25) is 0 Å². The predicted octanol–water partition coefficient (Wildman–Crippen LogP) is 6.28. The van der Waals surface area contributed by atoms with Gasteiger partial charge in [-0.2, -0.15) is 0 Å². The van der Waals surface area contributed by atoms with E-state index in [-0.39, 0.29) is 6.23 Å². The summed E-state index contributed by atoms with van der Waals surface area (Å²) in [5, 5.41) is 4.38. The van der Waals surface area contributed by atoms with E-state index in [1.165, 1.54) is 12.8 Å². The van der Waals surface area contributed by atoms with E-state index in [2.05, 4.69) is 44.2 Å². The summed E-state index contributed by atoms with van der Waals surface area (Å²) in [5.41, 5.74) is 3.77. The van der Waals surface area contributed by atoms with Crippen molar-refractivity contribution in [2.75, 3.05) is 25.5 Å². The first-order valence-electron chi connectivity index (χ1n) is 12.3. The number of aryl methyl sites for hydroxylation is 1. The Hall–Kier alpha value is -3.92. The second kappa shape index (κ2) is 11.2. The number of nitrogens with zero attached hydrogens (tertiary/aromatic N) is 3. The van der Waals surface area contributed by atoms with Crippen LogP contribution < -0.4 is 10.1 Å². The molecule has 1 N–H and O–H groups in total. The van der Waals surface area contributed by atoms with Gasteiger partial charge in [0.05, 0.1) is 12.1 Å². The summed E-state index contributed by atoms with van der Waals surface area (Å²) < 4.78 is 11.6. The van der Waals surface area contributed by atoms with Gasteiger partial charge in [-0.25, -0.2) is 9.97 Å². The number of anilines is 2. The first-order valence-corrected chi connectivity index (χ1v) is 12.3. The van der Waals surface area contributed by atoms with Gasteiger partial charge in [-0.1, -0.05) is 30.0 Å². The van der Waals surface area contributed by atoms with Crippen molar-refractivity contribution in [3.05, 3.63) is 84.2 Å². The maximum atomic E-state index is 6.02. The minimum Gasteiger partial charge on any atom is -0.457 e. The second-order valence-corrected chi connectivity index (χ2v) is 8.93. The maximum absolute atomic E-state index is 6.02. The standard InChI is InChI=1S/C30H30N4O2/c1-22-19-24(14-16-28(22)36-25-10-4-3-5-11-25)33-30-26-20-23(13-15-27(26)31-21-32-30)9-8-18-34-17-7-6-12-29(34)35-2/h3-5,10-11,13-16,19-21,29H,6-7,12,17-18H2,1-2H3,(H,31,32,33). The molecule has 0 bridgehead atoms. The molecule has 0 aliphatic carbocycles. The van der Waals surface area contributed by atoms with Crippen LogP contribution in [-0.2, 0) is 4.74 Å². The van der Waals surface area contributed by atoms with Crippen LogP contribution in [0.3, 0.4) is 0 Å². The number of aromatic nitrogens is 2. The Kier molecular flexibility index (Phi) is 7.41. The van der Waals surface area contributed by atoms with Gasteiger partial charge in [-0.3, -0.25) is 4.90 Å². The molecule has 36 heavy (non-hydrogen) atoms. The lowest BCUT2D eigenvalue weighted by molar-refractivity contribution is -0.0479. The van der Waals surface area contributed by atoms with Gasteiger partial charge in [0, 0.05) is 30.3 Å². The molecule has 1 aromatic heterocycles. The van der Waals surface area contributed by atoms with Crippen molar-refractivity contribution in [3.63, 3.8) is 0 Å². The fourth-order valence-electron chi connectivity index (χ4n) is 4.48. The average Bonchev–Trinajstić information content (AvgIpc) is 2.91. The average molecular weight is 479 g/mol. The van der Waals surface area contributed by atoms with Crippen LogP contribution in [0, 0.1) is 18.8 Å². The van der Waals surface area contributed by atoms with Gasteiger partial charge in [0.25, 0.3) is 0 Å². The molecule has 1 saturated heterocycles. The normalized spacial score (nSPS) is 15.8. The smallest absolute Gasteiger partial charge is 0.141 e. The molecule has 1 aliphatic heterocycles. The number of methoxy groups -OCH3 is 1. The topological polar surface area (TPSA) is 59.5 Å². The maximum Gasteiger partial charge on any atom is 0.141 e. The number of fused-ring (bicyclic) bond motifs is 1. The molecule has 0 radical (unpaired) electrons. The highest BCUT2D eigenvalue weighted by Crippen LogP contribution is 2.30. The number of ether oxygens (including phenoxy) is 2. The monoisotopic (exact) mass is 478 g/mol. The molecule has 0 amide bonds. The van der Waals surface area contributed by atoms with Crippen molar-refractivity contribution >= 4 is 22.4 Å². The first kappa shape index (κ1) is 23.8. The summed E-state index contributed by atoms with van der Waals surface area (Å²) in [7, 11) is 1.78. The van der Waals surface area contributed by atoms with Gasteiger partial charge in [-0.05, 0) is 80.3 Å². The Morgan fingerprint density at radius 1 is 1.03 bits per heavy atom. The van der Waals surface area contributed by atoms with Gasteiger partial charge < -0.3 is 14.8 Å². The molecule has 182 valence electrons. The van der Waals surface area contributed by atoms with Crippen LogP contribution in [0.15, 0.2) is 73.1 Å².